The minimum atomic E-state index is -4.48. The van der Waals surface area contributed by atoms with Gasteiger partial charge in [-0.3, -0.25) is 28.5 Å². The number of hydrogen-bond donors (Lipinski definition) is 6. The summed E-state index contributed by atoms with van der Waals surface area (Å²) >= 11 is 0. The van der Waals surface area contributed by atoms with E-state index in [0.29, 0.717) is 68.1 Å². The third kappa shape index (κ3) is 15.5. The lowest BCUT2D eigenvalue weighted by Crippen LogP contribution is -2.31. The molecule has 6 N–H and O–H groups in total. The Hall–Kier alpha value is -6.56. The number of benzene rings is 2. The first-order valence-corrected chi connectivity index (χ1v) is 29.0. The van der Waals surface area contributed by atoms with Gasteiger partial charge in [0.1, 0.15) is 6.54 Å². The summed E-state index contributed by atoms with van der Waals surface area (Å²) in [6.07, 6.45) is 17.1. The van der Waals surface area contributed by atoms with Crippen LogP contribution in [0.2, 0.25) is 0 Å². The molecule has 1 atom stereocenters. The lowest BCUT2D eigenvalue weighted by Gasteiger charge is -2.30. The number of anilines is 3. The first kappa shape index (κ1) is 58.7. The van der Waals surface area contributed by atoms with Crippen molar-refractivity contribution >= 4 is 72.9 Å². The standard InChI is InChI=1S/C53H71N9O12S2/c1-6-32-60-42-24-22-37(2)35-40(42)53(5,44(60)19-11-7-10-18-43-52(3,4)39-36-38(76(71,72)73)23-25-41(39)61(43)33-17-34-75(68,69)70)28-14-8-12-20-45(63)54-30-16-31-56-50-57-49(58-51(67)59-50)55-29-15-9-13-21-48(66)74-62-46(64)26-27-47(62)65/h7,10-11,18-19,22-25,35-36H,6,8-9,12-17,20-21,26-34H2,1-5H3,(H5-,54,55,56,57,58,59,63,67,68,69,70,71,72,73)/p+1. The molecule has 412 valence electrons. The van der Waals surface area contributed by atoms with Crippen molar-refractivity contribution in [2.75, 3.05) is 54.0 Å². The average molecular weight is 1090 g/mol. The van der Waals surface area contributed by atoms with E-state index in [1.54, 1.807) is 6.07 Å². The van der Waals surface area contributed by atoms with E-state index in [-0.39, 0.29) is 60.3 Å². The summed E-state index contributed by atoms with van der Waals surface area (Å²) in [6, 6.07) is 11.0. The van der Waals surface area contributed by atoms with Crippen LogP contribution in [0.3, 0.4) is 0 Å². The number of nitrogens with one attached hydrogen (secondary N) is 4. The molecule has 1 unspecified atom stereocenters. The molecule has 1 saturated heterocycles. The monoisotopic (exact) mass is 1090 g/mol. The zero-order valence-corrected chi connectivity index (χ0v) is 45.7. The van der Waals surface area contributed by atoms with Gasteiger partial charge in [0.2, 0.25) is 23.5 Å². The first-order valence-electron chi connectivity index (χ1n) is 26.0. The number of imide groups is 1. The summed E-state index contributed by atoms with van der Waals surface area (Å²) in [7, 11) is -8.68. The molecule has 0 aliphatic carbocycles. The van der Waals surface area contributed by atoms with Gasteiger partial charge in [-0.1, -0.05) is 62.1 Å². The number of aromatic amines is 1. The molecule has 2 aromatic carbocycles. The highest BCUT2D eigenvalue weighted by Gasteiger charge is 2.45. The van der Waals surface area contributed by atoms with Gasteiger partial charge in [0.25, 0.3) is 32.1 Å². The number of unbranched alkanes of at least 4 members (excludes halogenated alkanes) is 4. The topological polar surface area (TPSA) is 290 Å². The van der Waals surface area contributed by atoms with Gasteiger partial charge in [0.05, 0.1) is 16.1 Å². The Morgan fingerprint density at radius 3 is 2.28 bits per heavy atom. The summed E-state index contributed by atoms with van der Waals surface area (Å²) in [4.78, 5) is 78.0. The molecule has 0 bridgehead atoms. The molecule has 4 heterocycles. The molecular formula is C53H72N9O12S2+. The normalized spacial score (nSPS) is 17.9. The molecule has 23 heteroatoms. The first-order chi connectivity index (χ1) is 36.0. The second-order valence-electron chi connectivity index (χ2n) is 20.1. The van der Waals surface area contributed by atoms with Gasteiger partial charge < -0.3 is 25.7 Å². The van der Waals surface area contributed by atoms with Gasteiger partial charge in [-0.05, 0) is 96.1 Å². The summed E-state index contributed by atoms with van der Waals surface area (Å²) in [5.74, 6) is -1.79. The van der Waals surface area contributed by atoms with Crippen LogP contribution in [0, 0.1) is 6.92 Å². The van der Waals surface area contributed by atoms with Gasteiger partial charge in [-0.25, -0.2) is 9.59 Å². The summed E-state index contributed by atoms with van der Waals surface area (Å²) < 4.78 is 68.5. The Bertz CT molecular complexity index is 3040. The molecule has 3 amide bonds. The molecule has 0 spiro atoms. The van der Waals surface area contributed by atoms with E-state index in [1.807, 2.05) is 42.7 Å². The SMILES string of the molecule is CCCN1C(=CC=CC=CC2=[N+](CCCS(=O)(=O)O)c3ccc(S(=O)(=O)O)cc3C2(C)C)C(C)(CCCCCC(=O)NCCCNc2nc(NCCCCCC(=O)ON3C(=O)CCC3=O)[nH]c(=O)n2)c2cc(C)ccc21. The fraction of sp³-hybridized carbons (Fsp3) is 0.509. The van der Waals surface area contributed by atoms with Crippen LogP contribution in [0.15, 0.2) is 82.2 Å². The number of amides is 3. The molecule has 3 aliphatic rings. The quantitative estimate of drug-likeness (QED) is 0.0138. The van der Waals surface area contributed by atoms with Gasteiger partial charge in [-0.2, -0.15) is 31.4 Å². The van der Waals surface area contributed by atoms with Crippen LogP contribution in [0.25, 0.3) is 0 Å². The summed E-state index contributed by atoms with van der Waals surface area (Å²) in [5, 5.41) is 9.58. The largest absolute Gasteiger partial charge is 0.356 e. The lowest BCUT2D eigenvalue weighted by molar-refractivity contribution is -0.437. The zero-order chi connectivity index (χ0) is 55.3. The van der Waals surface area contributed by atoms with Crippen molar-refractivity contribution in [3.63, 3.8) is 0 Å². The van der Waals surface area contributed by atoms with Crippen LogP contribution in [-0.4, -0.2) is 118 Å². The fourth-order valence-electron chi connectivity index (χ4n) is 9.89. The number of nitrogens with zero attached hydrogens (tertiary/aromatic N) is 5. The Morgan fingerprint density at radius 2 is 1.55 bits per heavy atom. The Kier molecular flexibility index (Phi) is 20.1. The zero-order valence-electron chi connectivity index (χ0n) is 44.0. The van der Waals surface area contributed by atoms with Crippen molar-refractivity contribution in [2.45, 2.75) is 140 Å². The maximum absolute atomic E-state index is 12.9. The molecule has 3 aliphatic heterocycles. The number of rotatable bonds is 29. The Morgan fingerprint density at radius 1 is 0.829 bits per heavy atom. The Balaban J connectivity index is 0.977. The third-order valence-electron chi connectivity index (χ3n) is 13.8. The van der Waals surface area contributed by atoms with Crippen LogP contribution in [0.1, 0.15) is 134 Å². The molecular weight excluding hydrogens is 1020 g/mol. The molecule has 76 heavy (non-hydrogen) atoms. The fourth-order valence-corrected chi connectivity index (χ4v) is 10.9. The van der Waals surface area contributed by atoms with E-state index in [1.165, 1.54) is 34.6 Å². The third-order valence-corrected chi connectivity index (χ3v) is 15.4. The minimum absolute atomic E-state index is 0.0381. The van der Waals surface area contributed by atoms with E-state index in [0.717, 1.165) is 44.4 Å². The van der Waals surface area contributed by atoms with Crippen molar-refractivity contribution in [1.29, 1.82) is 0 Å². The number of aromatic nitrogens is 3. The predicted molar refractivity (Wildman–Crippen MR) is 289 cm³/mol. The van der Waals surface area contributed by atoms with Gasteiger partial charge >= 0.3 is 11.7 Å². The van der Waals surface area contributed by atoms with E-state index in [4.69, 9.17) is 4.84 Å². The van der Waals surface area contributed by atoms with Crippen LogP contribution in [0.5, 0.6) is 0 Å². The van der Waals surface area contributed by atoms with Crippen molar-refractivity contribution in [1.82, 2.24) is 25.3 Å². The van der Waals surface area contributed by atoms with E-state index in [2.05, 4.69) is 80.8 Å². The van der Waals surface area contributed by atoms with Crippen LogP contribution in [-0.2, 0) is 55.1 Å². The van der Waals surface area contributed by atoms with E-state index in [9.17, 15) is 49.9 Å². The van der Waals surface area contributed by atoms with Crippen molar-refractivity contribution < 1.29 is 54.5 Å². The lowest BCUT2D eigenvalue weighted by atomic mass is 9.76. The number of hydroxylamine groups is 2. The maximum atomic E-state index is 12.9. The number of carbonyl (C=O) groups is 4. The number of hydrogen-bond acceptors (Lipinski definition) is 15. The number of allylic oxidation sites excluding steroid dienone is 6. The van der Waals surface area contributed by atoms with Crippen molar-refractivity contribution in [2.24, 2.45) is 0 Å². The van der Waals surface area contributed by atoms with Gasteiger partial charge in [0, 0.05) is 92.8 Å². The molecule has 6 rings (SSSR count). The second kappa shape index (κ2) is 26.0. The molecule has 3 aromatic rings. The predicted octanol–water partition coefficient (Wildman–Crippen LogP) is 6.71. The summed E-state index contributed by atoms with van der Waals surface area (Å²) in [6.45, 7) is 12.8. The number of carbonyl (C=O) groups excluding carboxylic acids is 4. The molecule has 1 aromatic heterocycles. The van der Waals surface area contributed by atoms with Crippen LogP contribution < -0.4 is 26.5 Å². The summed E-state index contributed by atoms with van der Waals surface area (Å²) in [5.41, 5.74) is 5.27. The molecule has 1 fully saturated rings. The second-order valence-corrected chi connectivity index (χ2v) is 23.0. The van der Waals surface area contributed by atoms with E-state index >= 15 is 0 Å². The average Bonchev–Trinajstić information content (AvgIpc) is 3.88. The Labute approximate surface area is 444 Å². The molecule has 0 radical (unpaired) electrons. The van der Waals surface area contributed by atoms with Gasteiger partial charge in [0.15, 0.2) is 5.71 Å². The smallest absolute Gasteiger partial charge is 0.350 e. The van der Waals surface area contributed by atoms with E-state index < -0.39 is 54.9 Å². The highest BCUT2D eigenvalue weighted by Crippen LogP contribution is 2.51. The van der Waals surface area contributed by atoms with Gasteiger partial charge in [-0.15, -0.1) is 5.06 Å². The van der Waals surface area contributed by atoms with Crippen molar-refractivity contribution in [3.05, 3.63) is 99.6 Å². The number of H-pyrrole nitrogens is 1. The highest BCUT2D eigenvalue weighted by molar-refractivity contribution is 7.86. The highest BCUT2D eigenvalue weighted by atomic mass is 32.2. The molecule has 21 nitrogen and oxygen atoms in total. The van der Waals surface area contributed by atoms with Crippen LogP contribution >= 0.6 is 0 Å². The minimum Gasteiger partial charge on any atom is -0.356 e. The number of aryl methyl sites for hydroxylation is 1. The maximum Gasteiger partial charge on any atom is 0.350 e. The van der Waals surface area contributed by atoms with Crippen molar-refractivity contribution in [3.8, 4) is 0 Å². The number of fused-ring (bicyclic) bond motifs is 2. The molecule has 0 saturated carbocycles. The van der Waals surface area contributed by atoms with Crippen LogP contribution in [0.4, 0.5) is 23.3 Å².